The summed E-state index contributed by atoms with van der Waals surface area (Å²) in [5.74, 6) is -2.98. The highest BCUT2D eigenvalue weighted by Crippen LogP contribution is 2.31. The van der Waals surface area contributed by atoms with Gasteiger partial charge in [-0.15, -0.1) is 0 Å². The molecule has 2 N–H and O–H groups in total. The second-order valence-corrected chi connectivity index (χ2v) is 7.18. The van der Waals surface area contributed by atoms with Gasteiger partial charge < -0.3 is 10.2 Å². The molecule has 0 bridgehead atoms. The molecule has 9 heteroatoms. The number of aromatic carboxylic acids is 1. The summed E-state index contributed by atoms with van der Waals surface area (Å²) < 4.78 is 39.2. The Morgan fingerprint density at radius 2 is 2.00 bits per heavy atom. The molecule has 2 rings (SSSR count). The molecule has 1 fully saturated rings. The highest BCUT2D eigenvalue weighted by Gasteiger charge is 2.45. The zero-order valence-corrected chi connectivity index (χ0v) is 11.9. The van der Waals surface area contributed by atoms with Crippen LogP contribution in [0.25, 0.3) is 0 Å². The third kappa shape index (κ3) is 2.51. The number of hydrogen-bond donors (Lipinski definition) is 2. The number of rotatable bonds is 3. The van der Waals surface area contributed by atoms with Crippen molar-refractivity contribution in [3.8, 4) is 0 Å². The number of β-amino-alcohol motifs (C(OH)–C–C–N with tert-alkyl or cyclic N) is 1. The van der Waals surface area contributed by atoms with Crippen LogP contribution in [-0.2, 0) is 10.0 Å². The molecule has 1 aromatic rings. The Morgan fingerprint density at radius 1 is 1.45 bits per heavy atom. The van der Waals surface area contributed by atoms with E-state index < -0.39 is 37.9 Å². The Hall–Kier alpha value is -1.22. The van der Waals surface area contributed by atoms with Gasteiger partial charge in [0.05, 0.1) is 11.2 Å². The van der Waals surface area contributed by atoms with Gasteiger partial charge in [0, 0.05) is 18.1 Å². The lowest BCUT2D eigenvalue weighted by atomic mass is 10.0. The number of carboxylic acid groups (broad SMARTS) is 1. The summed E-state index contributed by atoms with van der Waals surface area (Å²) in [5, 5.41) is 18.2. The summed E-state index contributed by atoms with van der Waals surface area (Å²) in [7, 11) is -4.23. The monoisotopic (exact) mass is 323 g/mol. The van der Waals surface area contributed by atoms with Crippen molar-refractivity contribution in [3.05, 3.63) is 28.5 Å². The average Bonchev–Trinajstić information content (AvgIpc) is 2.28. The standard InChI is InChI=1S/C11H11ClFNO5S/c1-11(17)4-14(5-11)20(18,19)8-3-6(12)2-7(9(8)13)10(15)16/h2-3,17H,4-5H2,1H3,(H,15,16). The van der Waals surface area contributed by atoms with E-state index in [1.165, 1.54) is 6.92 Å². The van der Waals surface area contributed by atoms with Crippen LogP contribution >= 0.6 is 11.6 Å². The molecule has 1 heterocycles. The molecule has 1 aliphatic heterocycles. The first-order valence-electron chi connectivity index (χ1n) is 5.49. The topological polar surface area (TPSA) is 94.9 Å². The van der Waals surface area contributed by atoms with Gasteiger partial charge >= 0.3 is 5.97 Å². The highest BCUT2D eigenvalue weighted by atomic mass is 35.5. The normalized spacial score (nSPS) is 18.6. The zero-order valence-electron chi connectivity index (χ0n) is 10.3. The van der Waals surface area contributed by atoms with Crippen molar-refractivity contribution in [2.75, 3.05) is 13.1 Å². The van der Waals surface area contributed by atoms with E-state index in [9.17, 15) is 22.7 Å². The van der Waals surface area contributed by atoms with Crippen LogP contribution in [-0.4, -0.2) is 47.6 Å². The maximum Gasteiger partial charge on any atom is 0.338 e. The van der Waals surface area contributed by atoms with E-state index in [2.05, 4.69) is 0 Å². The van der Waals surface area contributed by atoms with Crippen LogP contribution in [0.15, 0.2) is 17.0 Å². The van der Waals surface area contributed by atoms with Crippen molar-refractivity contribution in [1.82, 2.24) is 4.31 Å². The van der Waals surface area contributed by atoms with Crippen LogP contribution in [0.5, 0.6) is 0 Å². The van der Waals surface area contributed by atoms with Gasteiger partial charge in [0.1, 0.15) is 4.90 Å². The molecule has 0 radical (unpaired) electrons. The zero-order chi connectivity index (χ0) is 15.3. The van der Waals surface area contributed by atoms with Crippen LogP contribution < -0.4 is 0 Å². The summed E-state index contributed by atoms with van der Waals surface area (Å²) in [6.45, 7) is 1.06. The Morgan fingerprint density at radius 3 is 2.45 bits per heavy atom. The van der Waals surface area contributed by atoms with Crippen LogP contribution in [0.4, 0.5) is 4.39 Å². The summed E-state index contributed by atoms with van der Waals surface area (Å²) in [4.78, 5) is 10.1. The number of nitrogens with zero attached hydrogens (tertiary/aromatic N) is 1. The predicted molar refractivity (Wildman–Crippen MR) is 67.8 cm³/mol. The molecular formula is C11H11ClFNO5S. The minimum Gasteiger partial charge on any atom is -0.478 e. The number of halogens is 2. The quantitative estimate of drug-likeness (QED) is 0.863. The fraction of sp³-hybridized carbons (Fsp3) is 0.364. The van der Waals surface area contributed by atoms with Gasteiger partial charge in [-0.25, -0.2) is 17.6 Å². The number of hydrogen-bond acceptors (Lipinski definition) is 4. The van der Waals surface area contributed by atoms with Crippen molar-refractivity contribution in [3.63, 3.8) is 0 Å². The van der Waals surface area contributed by atoms with Crippen molar-refractivity contribution in [1.29, 1.82) is 0 Å². The molecule has 0 aromatic heterocycles. The van der Waals surface area contributed by atoms with Gasteiger partial charge in [-0.1, -0.05) is 11.6 Å². The third-order valence-electron chi connectivity index (χ3n) is 2.89. The minimum atomic E-state index is -4.23. The third-order valence-corrected chi connectivity index (χ3v) is 4.90. The largest absolute Gasteiger partial charge is 0.478 e. The summed E-state index contributed by atoms with van der Waals surface area (Å²) in [6.07, 6.45) is 0. The molecule has 0 spiro atoms. The van der Waals surface area contributed by atoms with Crippen molar-refractivity contribution in [2.45, 2.75) is 17.4 Å². The number of benzene rings is 1. The Labute approximate surface area is 119 Å². The van der Waals surface area contributed by atoms with Gasteiger partial charge in [0.25, 0.3) is 0 Å². The van der Waals surface area contributed by atoms with Gasteiger partial charge in [0.15, 0.2) is 5.82 Å². The number of carbonyl (C=O) groups is 1. The van der Waals surface area contributed by atoms with E-state index in [0.29, 0.717) is 0 Å². The van der Waals surface area contributed by atoms with Gasteiger partial charge in [-0.3, -0.25) is 0 Å². The van der Waals surface area contributed by atoms with E-state index in [-0.39, 0.29) is 18.1 Å². The SMILES string of the molecule is CC1(O)CN(S(=O)(=O)c2cc(Cl)cc(C(=O)O)c2F)C1. The van der Waals surface area contributed by atoms with E-state index >= 15 is 0 Å². The van der Waals surface area contributed by atoms with E-state index in [4.69, 9.17) is 16.7 Å². The molecule has 0 unspecified atom stereocenters. The molecule has 1 aromatic carbocycles. The minimum absolute atomic E-state index is 0.191. The number of sulfonamides is 1. The molecule has 0 atom stereocenters. The molecule has 1 saturated heterocycles. The number of aliphatic hydroxyl groups is 1. The first-order valence-corrected chi connectivity index (χ1v) is 7.31. The van der Waals surface area contributed by atoms with Crippen molar-refractivity contribution in [2.24, 2.45) is 0 Å². The van der Waals surface area contributed by atoms with E-state index in [0.717, 1.165) is 16.4 Å². The van der Waals surface area contributed by atoms with Crippen LogP contribution in [0, 0.1) is 5.82 Å². The first-order chi connectivity index (χ1) is 9.04. The van der Waals surface area contributed by atoms with Crippen molar-refractivity contribution < 1.29 is 27.8 Å². The number of carboxylic acids is 1. The molecular weight excluding hydrogens is 313 g/mol. The maximum absolute atomic E-state index is 14.0. The van der Waals surface area contributed by atoms with Gasteiger partial charge in [-0.05, 0) is 19.1 Å². The summed E-state index contributed by atoms with van der Waals surface area (Å²) in [5.41, 5.74) is -1.99. The maximum atomic E-state index is 14.0. The lowest BCUT2D eigenvalue weighted by Gasteiger charge is -2.42. The van der Waals surface area contributed by atoms with Crippen LogP contribution in [0.3, 0.4) is 0 Å². The van der Waals surface area contributed by atoms with Crippen LogP contribution in [0.1, 0.15) is 17.3 Å². The highest BCUT2D eigenvalue weighted by molar-refractivity contribution is 7.89. The molecule has 1 aliphatic rings. The first kappa shape index (κ1) is 15.2. The lowest BCUT2D eigenvalue weighted by Crippen LogP contribution is -2.61. The summed E-state index contributed by atoms with van der Waals surface area (Å²) in [6, 6.07) is 1.69. The fourth-order valence-corrected chi connectivity index (χ4v) is 4.00. The van der Waals surface area contributed by atoms with E-state index in [1.54, 1.807) is 0 Å². The van der Waals surface area contributed by atoms with Crippen LogP contribution in [0.2, 0.25) is 5.02 Å². The van der Waals surface area contributed by atoms with Gasteiger partial charge in [-0.2, -0.15) is 4.31 Å². The summed E-state index contributed by atoms with van der Waals surface area (Å²) >= 11 is 5.63. The Bertz CT molecular complexity index is 680. The molecule has 0 aliphatic carbocycles. The molecule has 110 valence electrons. The fourth-order valence-electron chi connectivity index (χ4n) is 1.93. The molecule has 6 nitrogen and oxygen atoms in total. The molecule has 20 heavy (non-hydrogen) atoms. The predicted octanol–water partition coefficient (Wildman–Crippen LogP) is 0.933. The molecule has 0 saturated carbocycles. The van der Waals surface area contributed by atoms with E-state index in [1.807, 2.05) is 0 Å². The smallest absolute Gasteiger partial charge is 0.338 e. The second kappa shape index (κ2) is 4.66. The van der Waals surface area contributed by atoms with Crippen molar-refractivity contribution >= 4 is 27.6 Å². The second-order valence-electron chi connectivity index (χ2n) is 4.84. The van der Waals surface area contributed by atoms with Gasteiger partial charge in [0.2, 0.25) is 10.0 Å². The Balaban J connectivity index is 2.50. The lowest BCUT2D eigenvalue weighted by molar-refractivity contribution is -0.0427. The molecule has 0 amide bonds. The Kier molecular flexibility index (Phi) is 3.53. The average molecular weight is 324 g/mol.